The molecule has 12 heteroatoms. The SMILES string of the molecule is Cc1nnc(N[C@H](C)c2cccc(C(F)(F)C3CCN(C(=O)OC(C)(C)C)CC3)c2)c2cc(N3CCOCC3)c(OCCCCCCCO)cc12. The van der Waals surface area contributed by atoms with E-state index < -0.39 is 23.5 Å². The molecule has 0 spiro atoms. The number of carbonyl (C=O) groups is 1. The lowest BCUT2D eigenvalue weighted by Crippen LogP contribution is -2.44. The largest absolute Gasteiger partial charge is 0.491 e. The highest BCUT2D eigenvalue weighted by atomic mass is 19.3. The number of hydrogen-bond acceptors (Lipinski definition) is 9. The molecule has 0 saturated carbocycles. The van der Waals surface area contributed by atoms with Crippen LogP contribution < -0.4 is 15.0 Å². The zero-order valence-electron chi connectivity index (χ0n) is 30.9. The fraction of sp³-hybridized carbons (Fsp3) is 0.615. The topological polar surface area (TPSA) is 109 Å². The smallest absolute Gasteiger partial charge is 0.410 e. The van der Waals surface area contributed by atoms with Crippen LogP contribution in [0, 0.1) is 12.8 Å². The Morgan fingerprint density at radius 3 is 2.41 bits per heavy atom. The first kappa shape index (κ1) is 38.5. The molecule has 280 valence electrons. The molecule has 5 rings (SSSR count). The zero-order chi connectivity index (χ0) is 36.6. The van der Waals surface area contributed by atoms with Gasteiger partial charge < -0.3 is 34.4 Å². The number of carbonyl (C=O) groups excluding carboxylic acids is 1. The third-order valence-corrected chi connectivity index (χ3v) is 9.74. The molecule has 3 heterocycles. The highest BCUT2D eigenvalue weighted by molar-refractivity contribution is 5.97. The van der Waals surface area contributed by atoms with Crippen molar-refractivity contribution in [1.82, 2.24) is 15.1 Å². The molecule has 2 fully saturated rings. The number of likely N-dealkylation sites (tertiary alicyclic amines) is 1. The van der Waals surface area contributed by atoms with Gasteiger partial charge in [-0.25, -0.2) is 13.6 Å². The normalized spacial score (nSPS) is 16.7. The first-order chi connectivity index (χ1) is 24.4. The van der Waals surface area contributed by atoms with Gasteiger partial charge in [0.15, 0.2) is 5.82 Å². The second-order valence-corrected chi connectivity index (χ2v) is 14.8. The van der Waals surface area contributed by atoms with Gasteiger partial charge in [0.2, 0.25) is 0 Å². The number of morpholine rings is 1. The van der Waals surface area contributed by atoms with Crippen molar-refractivity contribution in [1.29, 1.82) is 0 Å². The fourth-order valence-electron chi connectivity index (χ4n) is 6.79. The van der Waals surface area contributed by atoms with Crippen LogP contribution in [0.3, 0.4) is 0 Å². The molecule has 2 aromatic carbocycles. The Balaban J connectivity index is 1.32. The van der Waals surface area contributed by atoms with Gasteiger partial charge in [0.1, 0.15) is 11.4 Å². The van der Waals surface area contributed by atoms with Crippen LogP contribution in [0.5, 0.6) is 5.75 Å². The van der Waals surface area contributed by atoms with Crippen molar-refractivity contribution in [2.45, 2.75) is 97.1 Å². The Morgan fingerprint density at radius 2 is 1.71 bits per heavy atom. The van der Waals surface area contributed by atoms with E-state index in [-0.39, 0.29) is 44.1 Å². The summed E-state index contributed by atoms with van der Waals surface area (Å²) in [6, 6.07) is 10.4. The second kappa shape index (κ2) is 17.2. The Bertz CT molecular complexity index is 1600. The number of halogens is 2. The number of aliphatic hydroxyl groups is 1. The standard InChI is InChI=1S/C39H55F2N5O5/c1-27(29-12-11-13-31(24-29)39(40,41)30-14-16-46(17-15-30)37(48)51-38(3,4)5)42-36-33-25-34(45-18-22-49-23-19-45)35(26-32(33)28(2)43-44-36)50-21-10-8-6-7-9-20-47/h11-13,24-27,30,47H,6-10,14-23H2,1-5H3,(H,42,44)/t27-/m1/s1. The van der Waals surface area contributed by atoms with E-state index in [1.54, 1.807) is 32.9 Å². The Labute approximate surface area is 300 Å². The molecule has 1 amide bonds. The summed E-state index contributed by atoms with van der Waals surface area (Å²) in [7, 11) is 0. The van der Waals surface area contributed by atoms with Crippen LogP contribution in [0.1, 0.15) is 95.5 Å². The van der Waals surface area contributed by atoms with Gasteiger partial charge >= 0.3 is 6.09 Å². The van der Waals surface area contributed by atoms with Gasteiger partial charge in [0.05, 0.1) is 37.2 Å². The molecule has 2 aliphatic rings. The summed E-state index contributed by atoms with van der Waals surface area (Å²) in [6.07, 6.45) is 4.80. The summed E-state index contributed by atoms with van der Waals surface area (Å²) in [6.45, 7) is 13.3. The zero-order valence-corrected chi connectivity index (χ0v) is 30.9. The highest BCUT2D eigenvalue weighted by Gasteiger charge is 2.44. The quantitative estimate of drug-likeness (QED) is 0.161. The molecule has 0 unspecified atom stereocenters. The number of ether oxygens (including phenoxy) is 3. The number of nitrogens with one attached hydrogen (secondary N) is 1. The fourth-order valence-corrected chi connectivity index (χ4v) is 6.79. The third kappa shape index (κ3) is 9.97. The summed E-state index contributed by atoms with van der Waals surface area (Å²) in [5.74, 6) is -2.58. The minimum absolute atomic E-state index is 0.0333. The molecule has 0 bridgehead atoms. The first-order valence-corrected chi connectivity index (χ1v) is 18.5. The van der Waals surface area contributed by atoms with Crippen molar-refractivity contribution >= 4 is 28.4 Å². The van der Waals surface area contributed by atoms with Crippen molar-refractivity contribution in [3.8, 4) is 5.75 Å². The molecule has 10 nitrogen and oxygen atoms in total. The molecule has 0 aliphatic carbocycles. The van der Waals surface area contributed by atoms with Gasteiger partial charge in [-0.1, -0.05) is 37.5 Å². The summed E-state index contributed by atoms with van der Waals surface area (Å²) in [5, 5.41) is 23.3. The number of amides is 1. The van der Waals surface area contributed by atoms with Crippen LogP contribution in [0.2, 0.25) is 0 Å². The lowest BCUT2D eigenvalue weighted by Gasteiger charge is -2.36. The first-order valence-electron chi connectivity index (χ1n) is 18.5. The molecule has 2 aliphatic heterocycles. The lowest BCUT2D eigenvalue weighted by atomic mass is 9.85. The van der Waals surface area contributed by atoms with Gasteiger partial charge in [-0.05, 0) is 84.1 Å². The molecule has 2 saturated heterocycles. The number of aromatic nitrogens is 2. The Kier molecular flexibility index (Phi) is 12.9. The van der Waals surface area contributed by atoms with Gasteiger partial charge in [0, 0.05) is 55.0 Å². The number of alkyl halides is 2. The van der Waals surface area contributed by atoms with Gasteiger partial charge in [-0.15, -0.1) is 5.10 Å². The van der Waals surface area contributed by atoms with Crippen molar-refractivity contribution in [3.63, 3.8) is 0 Å². The number of rotatable bonds is 14. The Hall–Kier alpha value is -3.77. The van der Waals surface area contributed by atoms with Crippen molar-refractivity contribution in [2.24, 2.45) is 5.92 Å². The van der Waals surface area contributed by atoms with Crippen molar-refractivity contribution in [3.05, 3.63) is 53.2 Å². The summed E-state index contributed by atoms with van der Waals surface area (Å²) in [4.78, 5) is 16.3. The van der Waals surface area contributed by atoms with E-state index in [0.29, 0.717) is 31.2 Å². The number of benzene rings is 2. The predicted octanol–water partition coefficient (Wildman–Crippen LogP) is 8.01. The minimum atomic E-state index is -3.06. The van der Waals surface area contributed by atoms with E-state index in [1.807, 2.05) is 26.0 Å². The van der Waals surface area contributed by atoms with E-state index in [2.05, 4.69) is 26.5 Å². The maximum atomic E-state index is 16.0. The van der Waals surface area contributed by atoms with E-state index in [4.69, 9.17) is 19.3 Å². The van der Waals surface area contributed by atoms with Crippen LogP contribution >= 0.6 is 0 Å². The number of piperidine rings is 1. The number of unbranched alkanes of at least 4 members (excludes halogenated alkanes) is 4. The van der Waals surface area contributed by atoms with Crippen molar-refractivity contribution < 1.29 is 32.9 Å². The van der Waals surface area contributed by atoms with E-state index in [1.165, 1.54) is 11.0 Å². The van der Waals surface area contributed by atoms with Gasteiger partial charge in [-0.3, -0.25) is 0 Å². The maximum absolute atomic E-state index is 16.0. The molecule has 0 radical (unpaired) electrons. The van der Waals surface area contributed by atoms with E-state index in [9.17, 15) is 4.79 Å². The van der Waals surface area contributed by atoms with Crippen LogP contribution in [0.25, 0.3) is 10.8 Å². The molecule has 3 aromatic rings. The van der Waals surface area contributed by atoms with Crippen LogP contribution in [0.15, 0.2) is 36.4 Å². The van der Waals surface area contributed by atoms with E-state index >= 15 is 8.78 Å². The maximum Gasteiger partial charge on any atom is 0.410 e. The second-order valence-electron chi connectivity index (χ2n) is 14.8. The van der Waals surface area contributed by atoms with Crippen LogP contribution in [-0.4, -0.2) is 84.5 Å². The van der Waals surface area contributed by atoms with E-state index in [0.717, 1.165) is 73.1 Å². The molecular formula is C39H55F2N5O5. The number of aliphatic hydroxyl groups excluding tert-OH is 1. The minimum Gasteiger partial charge on any atom is -0.491 e. The summed E-state index contributed by atoms with van der Waals surface area (Å²) in [5.41, 5.74) is 1.78. The molecule has 1 aromatic heterocycles. The number of hydrogen-bond donors (Lipinski definition) is 2. The number of nitrogens with zero attached hydrogens (tertiary/aromatic N) is 4. The average molecular weight is 712 g/mol. The average Bonchev–Trinajstić information content (AvgIpc) is 3.12. The van der Waals surface area contributed by atoms with Crippen LogP contribution in [-0.2, 0) is 15.4 Å². The Morgan fingerprint density at radius 1 is 1.00 bits per heavy atom. The number of anilines is 2. The van der Waals surface area contributed by atoms with Crippen molar-refractivity contribution in [2.75, 3.05) is 62.8 Å². The number of fused-ring (bicyclic) bond motifs is 1. The molecule has 51 heavy (non-hydrogen) atoms. The van der Waals surface area contributed by atoms with Crippen LogP contribution in [0.4, 0.5) is 25.1 Å². The van der Waals surface area contributed by atoms with Gasteiger partial charge in [0.25, 0.3) is 5.92 Å². The molecule has 2 N–H and O–H groups in total. The number of aryl methyl sites for hydroxylation is 1. The lowest BCUT2D eigenvalue weighted by molar-refractivity contribution is -0.0861. The monoisotopic (exact) mass is 711 g/mol. The van der Waals surface area contributed by atoms with Gasteiger partial charge in [-0.2, -0.15) is 5.10 Å². The summed E-state index contributed by atoms with van der Waals surface area (Å²) >= 11 is 0. The highest BCUT2D eigenvalue weighted by Crippen LogP contribution is 2.43. The third-order valence-electron chi connectivity index (χ3n) is 9.74. The predicted molar refractivity (Wildman–Crippen MR) is 196 cm³/mol. The molecular weight excluding hydrogens is 656 g/mol. The molecule has 1 atom stereocenters. The summed E-state index contributed by atoms with van der Waals surface area (Å²) < 4.78 is 49.4.